The van der Waals surface area contributed by atoms with Crippen molar-refractivity contribution >= 4 is 35.3 Å². The number of rotatable bonds is 5. The molecular formula is C32H36N4O7. The number of aliphatic hydroxyl groups excluding tert-OH is 2. The fourth-order valence-corrected chi connectivity index (χ4v) is 6.56. The van der Waals surface area contributed by atoms with Crippen molar-refractivity contribution in [1.82, 2.24) is 4.90 Å². The van der Waals surface area contributed by atoms with Crippen molar-refractivity contribution in [2.24, 2.45) is 22.6 Å². The lowest BCUT2D eigenvalue weighted by Gasteiger charge is -2.50. The lowest BCUT2D eigenvalue weighted by atomic mass is 9.57. The standard InChI is InChI=1S/C32H36N4O7/c1-31(2,3)35-14-34-17-8-6-15(7-9-17)18-10-11-21(37)23-19(18)12-16-13-20-25(36(4)5)27(39)24(30(33)42)29(41)32(20,43)28(40)22(16)26(23)38/h6-11,14,16,20,25,37-38,41,43H,12-13H2,1-5H3,(H2,33,42)(H,34,35)/t16-,20-,25-,32-/m0/s1. The Labute approximate surface area is 249 Å². The average Bonchev–Trinajstić information content (AvgIpc) is 2.90. The normalized spacial score (nSPS) is 25.6. The fourth-order valence-electron chi connectivity index (χ4n) is 6.56. The number of aliphatic imine (C=N–C) groups is 1. The first-order valence-electron chi connectivity index (χ1n) is 14.0. The van der Waals surface area contributed by atoms with Crippen LogP contribution in [0.5, 0.6) is 5.75 Å². The molecule has 0 bridgehead atoms. The van der Waals surface area contributed by atoms with Crippen molar-refractivity contribution in [2.45, 2.75) is 50.8 Å². The molecule has 2 aromatic rings. The second-order valence-corrected chi connectivity index (χ2v) is 12.6. The lowest BCUT2D eigenvalue weighted by molar-refractivity contribution is -0.153. The summed E-state index contributed by atoms with van der Waals surface area (Å²) in [5.74, 6) is -6.77. The number of anilines is 1. The SMILES string of the molecule is CN(C)[C@@H]1C(=O)C(C(N)=O)=C(O)[C@@]2(O)C(=O)C3=C(O)c4c(O)ccc(-c5ccc(NC=NC(C)(C)C)cc5)c4C[C@H]3C[C@@H]12. The number of nitrogens with zero attached hydrogens (tertiary/aromatic N) is 2. The number of ketones is 2. The predicted octanol–water partition coefficient (Wildman–Crippen LogP) is 2.87. The molecule has 1 saturated carbocycles. The molecule has 0 heterocycles. The molecule has 2 aromatic carbocycles. The van der Waals surface area contributed by atoms with Crippen LogP contribution < -0.4 is 11.1 Å². The van der Waals surface area contributed by atoms with Crippen LogP contribution in [-0.4, -0.2) is 80.4 Å². The van der Waals surface area contributed by atoms with Crippen LogP contribution in [0.4, 0.5) is 5.69 Å². The number of nitrogens with two attached hydrogens (primary N) is 1. The smallest absolute Gasteiger partial charge is 0.255 e. The van der Waals surface area contributed by atoms with E-state index in [4.69, 9.17) is 5.73 Å². The molecule has 11 heteroatoms. The van der Waals surface area contributed by atoms with Gasteiger partial charge in [0.1, 0.15) is 22.8 Å². The van der Waals surface area contributed by atoms with Gasteiger partial charge >= 0.3 is 0 Å². The van der Waals surface area contributed by atoms with E-state index in [2.05, 4.69) is 10.3 Å². The number of benzene rings is 2. The Morgan fingerprint density at radius 2 is 1.74 bits per heavy atom. The van der Waals surface area contributed by atoms with Crippen LogP contribution in [-0.2, 0) is 20.8 Å². The topological polar surface area (TPSA) is 186 Å². The molecule has 1 amide bonds. The quantitative estimate of drug-likeness (QED) is 0.174. The van der Waals surface area contributed by atoms with E-state index < -0.39 is 58.0 Å². The Kier molecular flexibility index (Phi) is 7.22. The Bertz CT molecular complexity index is 1630. The summed E-state index contributed by atoms with van der Waals surface area (Å²) in [7, 11) is 3.13. The van der Waals surface area contributed by atoms with Crippen molar-refractivity contribution in [2.75, 3.05) is 19.4 Å². The molecule has 43 heavy (non-hydrogen) atoms. The highest BCUT2D eigenvalue weighted by Crippen LogP contribution is 2.53. The van der Waals surface area contributed by atoms with Crippen molar-refractivity contribution in [3.05, 3.63) is 64.4 Å². The second kappa shape index (κ2) is 10.4. The summed E-state index contributed by atoms with van der Waals surface area (Å²) in [4.78, 5) is 45.3. The largest absolute Gasteiger partial charge is 0.508 e. The number of nitrogens with one attached hydrogen (secondary N) is 1. The van der Waals surface area contributed by atoms with Gasteiger partial charge in [0.05, 0.1) is 23.5 Å². The van der Waals surface area contributed by atoms with E-state index in [9.17, 15) is 34.8 Å². The molecule has 0 aliphatic heterocycles. The minimum atomic E-state index is -2.67. The zero-order valence-corrected chi connectivity index (χ0v) is 24.7. The maximum atomic E-state index is 14.0. The molecule has 7 N–H and O–H groups in total. The molecule has 0 radical (unpaired) electrons. The highest BCUT2D eigenvalue weighted by atomic mass is 16.3. The van der Waals surface area contributed by atoms with Gasteiger partial charge in [-0.3, -0.25) is 24.3 Å². The van der Waals surface area contributed by atoms with Crippen molar-refractivity contribution < 1.29 is 34.8 Å². The first-order chi connectivity index (χ1) is 20.1. The maximum Gasteiger partial charge on any atom is 0.255 e. The van der Waals surface area contributed by atoms with Gasteiger partial charge in [0.15, 0.2) is 11.4 Å². The predicted molar refractivity (Wildman–Crippen MR) is 162 cm³/mol. The monoisotopic (exact) mass is 588 g/mol. The van der Waals surface area contributed by atoms with Gasteiger partial charge in [0, 0.05) is 17.2 Å². The summed E-state index contributed by atoms with van der Waals surface area (Å²) in [6.07, 6.45) is 1.87. The van der Waals surface area contributed by atoms with Gasteiger partial charge in [0.2, 0.25) is 5.78 Å². The third-order valence-electron chi connectivity index (χ3n) is 8.48. The highest BCUT2D eigenvalue weighted by molar-refractivity contribution is 6.24. The van der Waals surface area contributed by atoms with Gasteiger partial charge in [-0.25, -0.2) is 0 Å². The van der Waals surface area contributed by atoms with Gasteiger partial charge in [-0.05, 0) is 88.5 Å². The summed E-state index contributed by atoms with van der Waals surface area (Å²) >= 11 is 0. The number of hydrogen-bond acceptors (Lipinski definition) is 9. The minimum Gasteiger partial charge on any atom is -0.508 e. The third-order valence-corrected chi connectivity index (χ3v) is 8.48. The number of aromatic hydroxyl groups is 1. The lowest BCUT2D eigenvalue weighted by Crippen LogP contribution is -2.65. The van der Waals surface area contributed by atoms with Crippen LogP contribution in [0.3, 0.4) is 0 Å². The van der Waals surface area contributed by atoms with E-state index in [1.165, 1.54) is 11.0 Å². The fraction of sp³-hybridized carbons (Fsp3) is 0.375. The van der Waals surface area contributed by atoms with Crippen LogP contribution >= 0.6 is 0 Å². The van der Waals surface area contributed by atoms with E-state index in [-0.39, 0.29) is 35.3 Å². The Balaban J connectivity index is 1.60. The van der Waals surface area contributed by atoms with Gasteiger partial charge in [0.25, 0.3) is 5.91 Å². The van der Waals surface area contributed by atoms with Gasteiger partial charge in [-0.15, -0.1) is 0 Å². The highest BCUT2D eigenvalue weighted by Gasteiger charge is 2.64. The number of fused-ring (bicyclic) bond motifs is 3. The number of phenolic OH excluding ortho intramolecular Hbond substituents is 1. The molecule has 3 aliphatic carbocycles. The average molecular weight is 589 g/mol. The Morgan fingerprint density at radius 1 is 1.09 bits per heavy atom. The van der Waals surface area contributed by atoms with E-state index in [0.29, 0.717) is 5.56 Å². The summed E-state index contributed by atoms with van der Waals surface area (Å²) in [5, 5.41) is 48.2. The number of phenols is 1. The molecule has 226 valence electrons. The van der Waals surface area contributed by atoms with Crippen molar-refractivity contribution in [3.8, 4) is 16.9 Å². The molecule has 11 nitrogen and oxygen atoms in total. The number of hydrogen-bond donors (Lipinski definition) is 6. The molecule has 1 fully saturated rings. The van der Waals surface area contributed by atoms with Gasteiger partial charge < -0.3 is 31.5 Å². The Hall–Kier alpha value is -4.48. The van der Waals surface area contributed by atoms with E-state index in [1.807, 2.05) is 45.0 Å². The molecule has 5 rings (SSSR count). The summed E-state index contributed by atoms with van der Waals surface area (Å²) in [6, 6.07) is 9.53. The number of primary amides is 1. The van der Waals surface area contributed by atoms with Crippen molar-refractivity contribution in [1.29, 1.82) is 0 Å². The summed E-state index contributed by atoms with van der Waals surface area (Å²) in [5.41, 5.74) is 4.45. The van der Waals surface area contributed by atoms with Gasteiger partial charge in [-0.1, -0.05) is 18.2 Å². The van der Waals surface area contributed by atoms with Crippen molar-refractivity contribution in [3.63, 3.8) is 0 Å². The number of carbonyl (C=O) groups is 3. The molecule has 0 aromatic heterocycles. The molecule has 0 saturated heterocycles. The zero-order chi connectivity index (χ0) is 31.6. The number of likely N-dealkylation sites (N-methyl/N-ethyl adjacent to an activating group) is 1. The van der Waals surface area contributed by atoms with Crippen LogP contribution in [0.15, 0.2) is 58.3 Å². The Morgan fingerprint density at radius 3 is 2.33 bits per heavy atom. The zero-order valence-electron chi connectivity index (χ0n) is 24.7. The molecule has 4 atom stereocenters. The summed E-state index contributed by atoms with van der Waals surface area (Å²) < 4.78 is 0. The van der Waals surface area contributed by atoms with E-state index in [0.717, 1.165) is 16.8 Å². The molecule has 0 spiro atoms. The molecule has 3 aliphatic rings. The first-order valence-corrected chi connectivity index (χ1v) is 14.0. The van der Waals surface area contributed by atoms with Crippen LogP contribution in [0.1, 0.15) is 38.3 Å². The maximum absolute atomic E-state index is 14.0. The third kappa shape index (κ3) is 4.78. The first kappa shape index (κ1) is 30.0. The van der Waals surface area contributed by atoms with Crippen LogP contribution in [0, 0.1) is 11.8 Å². The second-order valence-electron chi connectivity index (χ2n) is 12.6. The van der Waals surface area contributed by atoms with Crippen LogP contribution in [0.2, 0.25) is 0 Å². The number of aliphatic hydroxyl groups is 3. The minimum absolute atomic E-state index is 0.0246. The molecular weight excluding hydrogens is 552 g/mol. The summed E-state index contributed by atoms with van der Waals surface area (Å²) in [6.45, 7) is 5.97. The van der Waals surface area contributed by atoms with Gasteiger partial charge in [-0.2, -0.15) is 0 Å². The number of Topliss-reactive ketones (excluding diaryl/α,β-unsaturated/α-hetero) is 2. The van der Waals surface area contributed by atoms with E-state index >= 15 is 0 Å². The molecule has 0 unspecified atom stereocenters. The van der Waals surface area contributed by atoms with Crippen LogP contribution in [0.25, 0.3) is 16.9 Å². The number of carbonyl (C=O) groups excluding carboxylic acids is 3. The van der Waals surface area contributed by atoms with E-state index in [1.54, 1.807) is 26.5 Å². The number of amides is 1.